The predicted molar refractivity (Wildman–Crippen MR) is 66.2 cm³/mol. The molecule has 1 rings (SSSR count). The highest BCUT2D eigenvalue weighted by Crippen LogP contribution is 2.16. The van der Waals surface area contributed by atoms with Crippen LogP contribution in [0.15, 0.2) is 0 Å². The highest BCUT2D eigenvalue weighted by molar-refractivity contribution is 5.81. The summed E-state index contributed by atoms with van der Waals surface area (Å²) in [6, 6.07) is 0.00489. The quantitative estimate of drug-likeness (QED) is 0.768. The topological polar surface area (TPSA) is 49.6 Å². The summed E-state index contributed by atoms with van der Waals surface area (Å²) >= 11 is 0. The van der Waals surface area contributed by atoms with Crippen LogP contribution in [-0.2, 0) is 4.79 Å². The van der Waals surface area contributed by atoms with E-state index in [0.717, 1.165) is 25.9 Å². The molecule has 4 nitrogen and oxygen atoms in total. The average molecular weight is 227 g/mol. The molecule has 0 aromatic rings. The number of nitrogens with two attached hydrogens (primary N) is 1. The second-order valence-corrected chi connectivity index (χ2v) is 4.81. The van der Waals surface area contributed by atoms with Crippen LogP contribution in [0.1, 0.15) is 33.1 Å². The van der Waals surface area contributed by atoms with Gasteiger partial charge in [-0.15, -0.1) is 0 Å². The van der Waals surface area contributed by atoms with Gasteiger partial charge in [0.25, 0.3) is 0 Å². The lowest BCUT2D eigenvalue weighted by Crippen LogP contribution is -2.49. The minimum absolute atomic E-state index is 0.0638. The normalized spacial score (nSPS) is 20.8. The number of likely N-dealkylation sites (N-methyl/N-ethyl adjacent to an activating group) is 1. The molecule has 1 aliphatic heterocycles. The first-order valence-corrected chi connectivity index (χ1v) is 6.30. The smallest absolute Gasteiger partial charge is 0.239 e. The molecule has 0 radical (unpaired) electrons. The zero-order chi connectivity index (χ0) is 12.1. The van der Waals surface area contributed by atoms with Gasteiger partial charge in [-0.1, -0.05) is 6.92 Å². The molecule has 0 bridgehead atoms. The number of likely N-dealkylation sites (tertiary alicyclic amines) is 1. The number of nitrogens with zero attached hydrogens (tertiary/aromatic N) is 2. The second kappa shape index (κ2) is 6.21. The van der Waals surface area contributed by atoms with E-state index in [2.05, 4.69) is 11.8 Å². The Morgan fingerprint density at radius 2 is 2.06 bits per heavy atom. The summed E-state index contributed by atoms with van der Waals surface area (Å²) in [7, 11) is 1.88. The Bertz CT molecular complexity index is 222. The Hall–Kier alpha value is -0.610. The number of amides is 1. The van der Waals surface area contributed by atoms with E-state index in [1.54, 1.807) is 6.92 Å². The zero-order valence-corrected chi connectivity index (χ0v) is 10.8. The van der Waals surface area contributed by atoms with E-state index in [1.807, 2.05) is 11.9 Å². The molecule has 0 saturated carbocycles. The molecule has 2 N–H and O–H groups in total. The third-order valence-corrected chi connectivity index (χ3v) is 3.38. The largest absolute Gasteiger partial charge is 0.341 e. The van der Waals surface area contributed by atoms with Crippen LogP contribution in [0, 0.1) is 0 Å². The molecule has 94 valence electrons. The van der Waals surface area contributed by atoms with Gasteiger partial charge in [-0.25, -0.2) is 0 Å². The van der Waals surface area contributed by atoms with Gasteiger partial charge in [0.2, 0.25) is 5.91 Å². The van der Waals surface area contributed by atoms with E-state index in [1.165, 1.54) is 13.0 Å². The molecule has 1 fully saturated rings. The molecule has 1 aliphatic rings. The predicted octanol–water partition coefficient (Wildman–Crippen LogP) is 0.666. The van der Waals surface area contributed by atoms with E-state index in [9.17, 15) is 4.79 Å². The second-order valence-electron chi connectivity index (χ2n) is 4.81. The number of hydrogen-bond donors (Lipinski definition) is 1. The van der Waals surface area contributed by atoms with Gasteiger partial charge in [-0.3, -0.25) is 4.79 Å². The minimum Gasteiger partial charge on any atom is -0.341 e. The molecule has 1 saturated heterocycles. The highest BCUT2D eigenvalue weighted by atomic mass is 16.2. The zero-order valence-electron chi connectivity index (χ0n) is 10.8. The van der Waals surface area contributed by atoms with E-state index in [0.29, 0.717) is 6.04 Å². The first-order valence-electron chi connectivity index (χ1n) is 6.30. The van der Waals surface area contributed by atoms with E-state index in [-0.39, 0.29) is 11.9 Å². The molecule has 0 aromatic carbocycles. The van der Waals surface area contributed by atoms with Gasteiger partial charge in [0.15, 0.2) is 0 Å². The summed E-state index contributed by atoms with van der Waals surface area (Å²) in [5.74, 6) is 0.0638. The van der Waals surface area contributed by atoms with E-state index < -0.39 is 0 Å². The van der Waals surface area contributed by atoms with Gasteiger partial charge < -0.3 is 15.5 Å². The van der Waals surface area contributed by atoms with Crippen molar-refractivity contribution in [3.63, 3.8) is 0 Å². The van der Waals surface area contributed by atoms with Crippen LogP contribution in [0.2, 0.25) is 0 Å². The Balaban J connectivity index is 2.38. The van der Waals surface area contributed by atoms with Crippen molar-refractivity contribution in [2.24, 2.45) is 5.73 Å². The number of hydrogen-bond acceptors (Lipinski definition) is 3. The summed E-state index contributed by atoms with van der Waals surface area (Å²) < 4.78 is 0. The molecule has 0 spiro atoms. The maximum absolute atomic E-state index is 11.7. The Labute approximate surface area is 98.8 Å². The third-order valence-electron chi connectivity index (χ3n) is 3.38. The molecule has 4 heteroatoms. The van der Waals surface area contributed by atoms with Crippen molar-refractivity contribution in [1.29, 1.82) is 0 Å². The number of carbonyl (C=O) groups is 1. The first-order chi connectivity index (χ1) is 7.56. The molecule has 0 aliphatic carbocycles. The molecule has 1 amide bonds. The molecule has 0 aromatic heterocycles. The number of carbonyl (C=O) groups excluding carboxylic acids is 1. The molecule has 1 atom stereocenters. The van der Waals surface area contributed by atoms with Crippen molar-refractivity contribution in [1.82, 2.24) is 9.80 Å². The summed E-state index contributed by atoms with van der Waals surface area (Å²) in [6.45, 7) is 7.35. The molecular formula is C12H25N3O. The van der Waals surface area contributed by atoms with Gasteiger partial charge >= 0.3 is 0 Å². The maximum Gasteiger partial charge on any atom is 0.239 e. The minimum atomic E-state index is -0.376. The number of piperidine rings is 1. The van der Waals surface area contributed by atoms with Crippen molar-refractivity contribution in [3.8, 4) is 0 Å². The summed E-state index contributed by atoms with van der Waals surface area (Å²) in [6.07, 6.45) is 3.36. The Kier molecular flexibility index (Phi) is 5.22. The highest BCUT2D eigenvalue weighted by Gasteiger charge is 2.26. The summed E-state index contributed by atoms with van der Waals surface area (Å²) in [4.78, 5) is 16.1. The summed E-state index contributed by atoms with van der Waals surface area (Å²) in [5.41, 5.74) is 5.62. The van der Waals surface area contributed by atoms with Crippen molar-refractivity contribution in [2.75, 3.05) is 26.7 Å². The standard InChI is InChI=1S/C12H25N3O/c1-4-7-15-8-5-11(6-9-15)14(3)12(16)10(2)13/h10-11H,4-9,13H2,1-3H3. The fourth-order valence-electron chi connectivity index (χ4n) is 2.35. The van der Waals surface area contributed by atoms with Crippen molar-refractivity contribution < 1.29 is 4.79 Å². The summed E-state index contributed by atoms with van der Waals surface area (Å²) in [5, 5.41) is 0. The van der Waals surface area contributed by atoms with Gasteiger partial charge in [0.1, 0.15) is 0 Å². The maximum atomic E-state index is 11.7. The lowest BCUT2D eigenvalue weighted by atomic mass is 10.0. The van der Waals surface area contributed by atoms with Crippen LogP contribution in [0.4, 0.5) is 0 Å². The van der Waals surface area contributed by atoms with Crippen LogP contribution in [0.25, 0.3) is 0 Å². The van der Waals surface area contributed by atoms with Crippen LogP contribution in [-0.4, -0.2) is 54.5 Å². The Morgan fingerprint density at radius 3 is 2.50 bits per heavy atom. The molecule has 1 unspecified atom stereocenters. The SMILES string of the molecule is CCCN1CCC(N(C)C(=O)C(C)N)CC1. The fourth-order valence-corrected chi connectivity index (χ4v) is 2.35. The lowest BCUT2D eigenvalue weighted by Gasteiger charge is -2.37. The van der Waals surface area contributed by atoms with Crippen LogP contribution in [0.5, 0.6) is 0 Å². The van der Waals surface area contributed by atoms with Gasteiger partial charge in [-0.05, 0) is 32.7 Å². The van der Waals surface area contributed by atoms with Crippen molar-refractivity contribution in [3.05, 3.63) is 0 Å². The van der Waals surface area contributed by atoms with Gasteiger partial charge in [-0.2, -0.15) is 0 Å². The van der Waals surface area contributed by atoms with E-state index >= 15 is 0 Å². The molecule has 16 heavy (non-hydrogen) atoms. The average Bonchev–Trinajstić information content (AvgIpc) is 2.28. The van der Waals surface area contributed by atoms with Crippen LogP contribution in [0.3, 0.4) is 0 Å². The van der Waals surface area contributed by atoms with Crippen molar-refractivity contribution in [2.45, 2.75) is 45.2 Å². The van der Waals surface area contributed by atoms with E-state index in [4.69, 9.17) is 5.73 Å². The number of rotatable bonds is 4. The van der Waals surface area contributed by atoms with Gasteiger partial charge in [0, 0.05) is 26.2 Å². The molecule has 1 heterocycles. The van der Waals surface area contributed by atoms with Crippen molar-refractivity contribution >= 4 is 5.91 Å². The van der Waals surface area contributed by atoms with Crippen LogP contribution >= 0.6 is 0 Å². The first kappa shape index (κ1) is 13.5. The Morgan fingerprint density at radius 1 is 1.50 bits per heavy atom. The lowest BCUT2D eigenvalue weighted by molar-refractivity contribution is -0.133. The monoisotopic (exact) mass is 227 g/mol. The van der Waals surface area contributed by atoms with Crippen LogP contribution < -0.4 is 5.73 Å². The molecular weight excluding hydrogens is 202 g/mol. The fraction of sp³-hybridized carbons (Fsp3) is 0.917. The van der Waals surface area contributed by atoms with Gasteiger partial charge in [0.05, 0.1) is 6.04 Å². The third kappa shape index (κ3) is 3.46.